The minimum Gasteiger partial charge on any atom is -0.459 e. The highest BCUT2D eigenvalue weighted by Gasteiger charge is 2.20. The molecule has 0 fully saturated rings. The number of rotatable bonds is 6. The zero-order valence-corrected chi connectivity index (χ0v) is 15.3. The molecule has 0 aliphatic heterocycles. The van der Waals surface area contributed by atoms with Crippen LogP contribution >= 0.6 is 23.2 Å². The van der Waals surface area contributed by atoms with Crippen LogP contribution < -0.4 is 11.1 Å². The van der Waals surface area contributed by atoms with Crippen molar-refractivity contribution >= 4 is 41.0 Å². The van der Waals surface area contributed by atoms with Crippen molar-refractivity contribution in [3.05, 3.63) is 69.2 Å². The highest BCUT2D eigenvalue weighted by atomic mass is 35.5. The number of hydrogen-bond acceptors (Lipinski definition) is 4. The van der Waals surface area contributed by atoms with Gasteiger partial charge in [0.15, 0.2) is 0 Å². The first kappa shape index (κ1) is 19.8. The van der Waals surface area contributed by atoms with Gasteiger partial charge in [-0.05, 0) is 36.8 Å². The third-order valence-corrected chi connectivity index (χ3v) is 4.31. The predicted molar refractivity (Wildman–Crippen MR) is 98.1 cm³/mol. The molecule has 0 saturated carbocycles. The molecule has 26 heavy (non-hydrogen) atoms. The van der Waals surface area contributed by atoms with E-state index in [0.717, 1.165) is 0 Å². The molecule has 0 heterocycles. The van der Waals surface area contributed by atoms with Crippen LogP contribution in [0.4, 0.5) is 0 Å². The van der Waals surface area contributed by atoms with Crippen LogP contribution in [0.25, 0.3) is 0 Å². The van der Waals surface area contributed by atoms with E-state index in [2.05, 4.69) is 5.32 Å². The Hall–Kier alpha value is -2.57. The van der Waals surface area contributed by atoms with Gasteiger partial charge in [-0.2, -0.15) is 0 Å². The third-order valence-electron chi connectivity index (χ3n) is 3.49. The number of carbonyl (C=O) groups is 3. The van der Waals surface area contributed by atoms with Crippen LogP contribution in [-0.4, -0.2) is 23.8 Å². The largest absolute Gasteiger partial charge is 0.459 e. The number of primary amides is 1. The number of hydrogen-bond donors (Lipinski definition) is 2. The van der Waals surface area contributed by atoms with Gasteiger partial charge in [-0.1, -0.05) is 41.4 Å². The fraction of sp³-hybridized carbons (Fsp3) is 0.167. The van der Waals surface area contributed by atoms with E-state index in [1.165, 1.54) is 19.1 Å². The van der Waals surface area contributed by atoms with Gasteiger partial charge in [-0.25, -0.2) is 4.79 Å². The van der Waals surface area contributed by atoms with Crippen LogP contribution in [0.1, 0.15) is 33.2 Å². The first-order chi connectivity index (χ1) is 12.3. The second-order valence-corrected chi connectivity index (χ2v) is 6.25. The number of nitrogens with one attached hydrogen (secondary N) is 1. The van der Waals surface area contributed by atoms with Gasteiger partial charge >= 0.3 is 5.97 Å². The average molecular weight is 395 g/mol. The lowest BCUT2D eigenvalue weighted by atomic mass is 10.1. The van der Waals surface area contributed by atoms with Crippen molar-refractivity contribution < 1.29 is 19.1 Å². The molecule has 0 radical (unpaired) electrons. The molecule has 0 aliphatic carbocycles. The Morgan fingerprint density at radius 2 is 1.85 bits per heavy atom. The van der Waals surface area contributed by atoms with Crippen molar-refractivity contribution in [3.8, 4) is 0 Å². The normalized spacial score (nSPS) is 11.5. The van der Waals surface area contributed by atoms with E-state index < -0.39 is 23.8 Å². The summed E-state index contributed by atoms with van der Waals surface area (Å²) in [5.74, 6) is -1.75. The summed E-state index contributed by atoms with van der Waals surface area (Å²) < 4.78 is 5.15. The summed E-state index contributed by atoms with van der Waals surface area (Å²) in [6, 6.07) is 10.1. The van der Waals surface area contributed by atoms with E-state index in [1.54, 1.807) is 30.3 Å². The summed E-state index contributed by atoms with van der Waals surface area (Å²) in [6.45, 7) is 1.43. The molecule has 6 nitrogen and oxygen atoms in total. The van der Waals surface area contributed by atoms with Crippen molar-refractivity contribution in [1.82, 2.24) is 5.32 Å². The van der Waals surface area contributed by atoms with Crippen LogP contribution in [0.2, 0.25) is 10.0 Å². The van der Waals surface area contributed by atoms with Crippen LogP contribution in [-0.2, 0) is 16.1 Å². The Balaban J connectivity index is 1.95. The lowest BCUT2D eigenvalue weighted by molar-refractivity contribution is -0.146. The van der Waals surface area contributed by atoms with E-state index in [9.17, 15) is 14.4 Å². The molecule has 0 bridgehead atoms. The molecule has 2 aromatic rings. The maximum atomic E-state index is 12.2. The Morgan fingerprint density at radius 3 is 2.54 bits per heavy atom. The Morgan fingerprint density at radius 1 is 1.15 bits per heavy atom. The lowest BCUT2D eigenvalue weighted by Gasteiger charge is -2.14. The van der Waals surface area contributed by atoms with Gasteiger partial charge in [-0.3, -0.25) is 9.59 Å². The molecule has 0 aliphatic rings. The zero-order chi connectivity index (χ0) is 19.3. The number of carbonyl (C=O) groups excluding carboxylic acids is 3. The smallest absolute Gasteiger partial charge is 0.328 e. The van der Waals surface area contributed by atoms with Gasteiger partial charge in [0, 0.05) is 5.56 Å². The first-order valence-corrected chi connectivity index (χ1v) is 8.35. The van der Waals surface area contributed by atoms with Crippen LogP contribution in [0.3, 0.4) is 0 Å². The summed E-state index contributed by atoms with van der Waals surface area (Å²) in [6.07, 6.45) is 0. The molecule has 1 atom stereocenters. The van der Waals surface area contributed by atoms with Crippen molar-refractivity contribution in [2.75, 3.05) is 0 Å². The van der Waals surface area contributed by atoms with Crippen LogP contribution in [0.15, 0.2) is 42.5 Å². The van der Waals surface area contributed by atoms with Gasteiger partial charge in [0.1, 0.15) is 12.6 Å². The summed E-state index contributed by atoms with van der Waals surface area (Å²) >= 11 is 11.9. The van der Waals surface area contributed by atoms with Crippen molar-refractivity contribution in [2.24, 2.45) is 5.73 Å². The second kappa shape index (κ2) is 8.69. The molecule has 3 N–H and O–H groups in total. The van der Waals surface area contributed by atoms with Gasteiger partial charge in [0.05, 0.1) is 15.6 Å². The Kier molecular flexibility index (Phi) is 6.60. The molecule has 2 amide bonds. The summed E-state index contributed by atoms with van der Waals surface area (Å²) in [7, 11) is 0. The van der Waals surface area contributed by atoms with Crippen molar-refractivity contribution in [3.63, 3.8) is 0 Å². The molecular formula is C18H16Cl2N2O4. The average Bonchev–Trinajstić information content (AvgIpc) is 2.62. The van der Waals surface area contributed by atoms with Crippen LogP contribution in [0.5, 0.6) is 0 Å². The zero-order valence-electron chi connectivity index (χ0n) is 13.8. The van der Waals surface area contributed by atoms with E-state index in [-0.39, 0.29) is 22.2 Å². The third kappa shape index (κ3) is 4.97. The molecule has 2 aromatic carbocycles. The topological polar surface area (TPSA) is 98.5 Å². The molecular weight excluding hydrogens is 379 g/mol. The van der Waals surface area contributed by atoms with E-state index in [0.29, 0.717) is 11.1 Å². The molecule has 0 unspecified atom stereocenters. The number of nitrogens with two attached hydrogens (primary N) is 1. The predicted octanol–water partition coefficient (Wildman–Crippen LogP) is 2.95. The first-order valence-electron chi connectivity index (χ1n) is 7.60. The van der Waals surface area contributed by atoms with E-state index in [4.69, 9.17) is 33.7 Å². The molecule has 136 valence electrons. The molecule has 8 heteroatoms. The van der Waals surface area contributed by atoms with Gasteiger partial charge in [0.2, 0.25) is 5.91 Å². The number of halogens is 2. The number of benzene rings is 2. The van der Waals surface area contributed by atoms with Crippen molar-refractivity contribution in [2.45, 2.75) is 19.6 Å². The summed E-state index contributed by atoms with van der Waals surface area (Å²) in [4.78, 5) is 35.4. The minimum atomic E-state index is -0.906. The SMILES string of the molecule is C[C@H](NC(=O)c1cccc(Cl)c1Cl)C(=O)OCc1cccc(C(N)=O)c1. The van der Waals surface area contributed by atoms with E-state index >= 15 is 0 Å². The molecule has 0 aromatic heterocycles. The minimum absolute atomic E-state index is 0.0575. The molecule has 2 rings (SSSR count). The summed E-state index contributed by atoms with van der Waals surface area (Å²) in [5, 5.41) is 2.85. The second-order valence-electron chi connectivity index (χ2n) is 5.47. The van der Waals surface area contributed by atoms with Gasteiger partial charge < -0.3 is 15.8 Å². The maximum Gasteiger partial charge on any atom is 0.328 e. The standard InChI is InChI=1S/C18H16Cl2N2O4/c1-10(22-17(24)13-6-3-7-14(19)15(13)20)18(25)26-9-11-4-2-5-12(8-11)16(21)23/h2-8,10H,9H2,1H3,(H2,21,23)(H,22,24)/t10-/m0/s1. The Labute approximate surface area is 160 Å². The number of ether oxygens (including phenoxy) is 1. The van der Waals surface area contributed by atoms with Crippen LogP contribution in [0, 0.1) is 0 Å². The fourth-order valence-corrected chi connectivity index (χ4v) is 2.49. The number of amides is 2. The highest BCUT2D eigenvalue weighted by molar-refractivity contribution is 6.43. The molecule has 0 spiro atoms. The maximum absolute atomic E-state index is 12.2. The van der Waals surface area contributed by atoms with E-state index in [1.807, 2.05) is 0 Å². The molecule has 0 saturated heterocycles. The fourth-order valence-electron chi connectivity index (χ4n) is 2.11. The van der Waals surface area contributed by atoms with Crippen molar-refractivity contribution in [1.29, 1.82) is 0 Å². The summed E-state index contributed by atoms with van der Waals surface area (Å²) in [5.41, 5.74) is 6.28. The monoisotopic (exact) mass is 394 g/mol. The number of esters is 1. The highest BCUT2D eigenvalue weighted by Crippen LogP contribution is 2.25. The Bertz CT molecular complexity index is 855. The quantitative estimate of drug-likeness (QED) is 0.735. The van der Waals surface area contributed by atoms with Gasteiger partial charge in [-0.15, -0.1) is 0 Å². The lowest BCUT2D eigenvalue weighted by Crippen LogP contribution is -2.39. The van der Waals surface area contributed by atoms with Gasteiger partial charge in [0.25, 0.3) is 5.91 Å².